The Kier molecular flexibility index (Phi) is 5.39. The number of aliphatic hydroxyl groups excluding tert-OH is 1. The molecular formula is C14H19NO2S. The van der Waals surface area contributed by atoms with E-state index in [-0.39, 0.29) is 18.1 Å². The van der Waals surface area contributed by atoms with Gasteiger partial charge in [-0.2, -0.15) is 0 Å². The molecule has 2 N–H and O–H groups in total. The predicted molar refractivity (Wildman–Crippen MR) is 74.7 cm³/mol. The molecule has 1 aromatic rings. The van der Waals surface area contributed by atoms with Crippen molar-refractivity contribution in [1.82, 2.24) is 5.32 Å². The average molecular weight is 265 g/mol. The van der Waals surface area contributed by atoms with E-state index in [4.69, 9.17) is 5.11 Å². The highest BCUT2D eigenvalue weighted by Crippen LogP contribution is 2.15. The third-order valence-electron chi connectivity index (χ3n) is 2.65. The maximum Gasteiger partial charge on any atom is 0.252 e. The van der Waals surface area contributed by atoms with Crippen LogP contribution in [-0.2, 0) is 0 Å². The zero-order valence-corrected chi connectivity index (χ0v) is 11.9. The van der Waals surface area contributed by atoms with E-state index in [0.717, 1.165) is 11.3 Å². The Balaban J connectivity index is 2.69. The number of hydrogen-bond donors (Lipinski definition) is 2. The molecule has 0 atom stereocenters. The van der Waals surface area contributed by atoms with Gasteiger partial charge in [0.25, 0.3) is 5.91 Å². The van der Waals surface area contributed by atoms with Crippen molar-refractivity contribution in [2.24, 2.45) is 0 Å². The van der Waals surface area contributed by atoms with E-state index in [9.17, 15) is 4.79 Å². The Hall–Kier alpha value is -1.31. The molecule has 1 amide bonds. The Morgan fingerprint density at radius 3 is 2.89 bits per heavy atom. The highest BCUT2D eigenvalue weighted by Gasteiger charge is 2.19. The second kappa shape index (κ2) is 6.58. The maximum absolute atomic E-state index is 12.0. The maximum atomic E-state index is 12.0. The quantitative estimate of drug-likeness (QED) is 0.821. The summed E-state index contributed by atoms with van der Waals surface area (Å²) in [6, 6.07) is 1.79. The zero-order valence-electron chi connectivity index (χ0n) is 11.0. The van der Waals surface area contributed by atoms with Gasteiger partial charge < -0.3 is 10.4 Å². The molecule has 0 spiro atoms. The molecule has 0 radical (unpaired) electrons. The molecular weight excluding hydrogens is 246 g/mol. The number of nitrogens with one attached hydrogen (secondary N) is 1. The number of thiophene rings is 1. The van der Waals surface area contributed by atoms with Crippen LogP contribution in [-0.4, -0.2) is 23.2 Å². The highest BCUT2D eigenvalue weighted by molar-refractivity contribution is 7.10. The van der Waals surface area contributed by atoms with Gasteiger partial charge in [-0.25, -0.2) is 0 Å². The molecule has 0 saturated carbocycles. The van der Waals surface area contributed by atoms with Crippen molar-refractivity contribution in [3.63, 3.8) is 0 Å². The van der Waals surface area contributed by atoms with Crippen molar-refractivity contribution >= 4 is 17.2 Å². The van der Waals surface area contributed by atoms with Crippen LogP contribution in [0.1, 0.15) is 48.8 Å². The molecule has 0 fully saturated rings. The van der Waals surface area contributed by atoms with Crippen LogP contribution < -0.4 is 5.32 Å². The van der Waals surface area contributed by atoms with Crippen LogP contribution in [0.2, 0.25) is 0 Å². The predicted octanol–water partition coefficient (Wildman–Crippen LogP) is 2.40. The van der Waals surface area contributed by atoms with Gasteiger partial charge in [0.05, 0.1) is 17.0 Å². The van der Waals surface area contributed by atoms with Crippen molar-refractivity contribution in [2.45, 2.75) is 39.2 Å². The number of carbonyl (C=O) groups excluding carboxylic acids is 1. The molecule has 0 saturated heterocycles. The molecule has 3 nitrogen and oxygen atoms in total. The van der Waals surface area contributed by atoms with Crippen molar-refractivity contribution < 1.29 is 9.90 Å². The fourth-order valence-electron chi connectivity index (χ4n) is 1.19. The second-order valence-electron chi connectivity index (χ2n) is 4.67. The monoisotopic (exact) mass is 265 g/mol. The molecule has 1 heterocycles. The summed E-state index contributed by atoms with van der Waals surface area (Å²) in [4.78, 5) is 12.8. The molecule has 0 unspecified atom stereocenters. The molecule has 18 heavy (non-hydrogen) atoms. The van der Waals surface area contributed by atoms with Gasteiger partial charge in [-0.05, 0) is 26.3 Å². The molecule has 0 aliphatic heterocycles. The average Bonchev–Trinajstić information content (AvgIpc) is 2.78. The zero-order chi connectivity index (χ0) is 13.6. The summed E-state index contributed by atoms with van der Waals surface area (Å²) in [7, 11) is 0. The lowest BCUT2D eigenvalue weighted by Gasteiger charge is -2.24. The van der Waals surface area contributed by atoms with Crippen molar-refractivity contribution in [3.05, 3.63) is 21.9 Å². The molecule has 0 aliphatic carbocycles. The van der Waals surface area contributed by atoms with Crippen LogP contribution in [0.5, 0.6) is 0 Å². The van der Waals surface area contributed by atoms with Crippen LogP contribution in [0, 0.1) is 11.8 Å². The summed E-state index contributed by atoms with van der Waals surface area (Å²) in [5, 5.41) is 13.4. The molecule has 4 heteroatoms. The normalized spacial score (nSPS) is 10.7. The fourth-order valence-corrected chi connectivity index (χ4v) is 1.95. The van der Waals surface area contributed by atoms with Crippen LogP contribution in [0.15, 0.2) is 11.4 Å². The standard InChI is InChI=1S/C14H19NO2S/c1-4-14(2,3)15-13(17)11-9-12(18-10-11)7-5-6-8-16/h9-10,16H,4,6,8H2,1-3H3,(H,15,17). The molecule has 0 aromatic carbocycles. The lowest BCUT2D eigenvalue weighted by atomic mass is 10.0. The van der Waals surface area contributed by atoms with E-state index in [0.29, 0.717) is 12.0 Å². The molecule has 98 valence electrons. The third-order valence-corrected chi connectivity index (χ3v) is 3.49. The van der Waals surface area contributed by atoms with Crippen molar-refractivity contribution in [2.75, 3.05) is 6.61 Å². The number of hydrogen-bond acceptors (Lipinski definition) is 3. The van der Waals surface area contributed by atoms with Gasteiger partial charge in [0.15, 0.2) is 0 Å². The molecule has 1 aromatic heterocycles. The number of amides is 1. The number of rotatable bonds is 4. The minimum Gasteiger partial charge on any atom is -0.395 e. The summed E-state index contributed by atoms with van der Waals surface area (Å²) in [5.74, 6) is 5.71. The molecule has 0 bridgehead atoms. The van der Waals surface area contributed by atoms with E-state index < -0.39 is 0 Å². The number of carbonyl (C=O) groups is 1. The van der Waals surface area contributed by atoms with E-state index in [1.54, 1.807) is 6.07 Å². The van der Waals surface area contributed by atoms with E-state index in [1.165, 1.54) is 11.3 Å². The first-order chi connectivity index (χ1) is 8.48. The van der Waals surface area contributed by atoms with Gasteiger partial charge in [-0.15, -0.1) is 11.3 Å². The lowest BCUT2D eigenvalue weighted by molar-refractivity contribution is 0.0911. The topological polar surface area (TPSA) is 49.3 Å². The summed E-state index contributed by atoms with van der Waals surface area (Å²) in [5.41, 5.74) is 0.455. The summed E-state index contributed by atoms with van der Waals surface area (Å²) in [6.45, 7) is 6.11. The molecule has 0 aliphatic rings. The minimum atomic E-state index is -0.193. The summed E-state index contributed by atoms with van der Waals surface area (Å²) in [6.07, 6.45) is 1.34. The van der Waals surface area contributed by atoms with E-state index in [2.05, 4.69) is 17.2 Å². The van der Waals surface area contributed by atoms with Gasteiger partial charge in [-0.3, -0.25) is 4.79 Å². The second-order valence-corrected chi connectivity index (χ2v) is 5.58. The van der Waals surface area contributed by atoms with Crippen molar-refractivity contribution in [3.8, 4) is 11.8 Å². The van der Waals surface area contributed by atoms with E-state index >= 15 is 0 Å². The van der Waals surface area contributed by atoms with Crippen LogP contribution >= 0.6 is 11.3 Å². The van der Waals surface area contributed by atoms with Gasteiger partial charge in [0.1, 0.15) is 0 Å². The molecule has 1 rings (SSSR count). The van der Waals surface area contributed by atoms with Gasteiger partial charge in [0, 0.05) is 17.3 Å². The lowest BCUT2D eigenvalue weighted by Crippen LogP contribution is -2.42. The first-order valence-electron chi connectivity index (χ1n) is 5.99. The highest BCUT2D eigenvalue weighted by atomic mass is 32.1. The van der Waals surface area contributed by atoms with Crippen LogP contribution in [0.3, 0.4) is 0 Å². The minimum absolute atomic E-state index is 0.0618. The Morgan fingerprint density at radius 1 is 1.56 bits per heavy atom. The smallest absolute Gasteiger partial charge is 0.252 e. The van der Waals surface area contributed by atoms with Gasteiger partial charge >= 0.3 is 0 Å². The number of aliphatic hydroxyl groups is 1. The largest absolute Gasteiger partial charge is 0.395 e. The van der Waals surface area contributed by atoms with Crippen molar-refractivity contribution in [1.29, 1.82) is 0 Å². The Bertz CT molecular complexity index is 466. The fraction of sp³-hybridized carbons (Fsp3) is 0.500. The SMILES string of the molecule is CCC(C)(C)NC(=O)c1csc(C#CCCO)c1. The first kappa shape index (κ1) is 14.7. The third kappa shape index (κ3) is 4.52. The van der Waals surface area contributed by atoms with Crippen LogP contribution in [0.25, 0.3) is 0 Å². The van der Waals surface area contributed by atoms with E-state index in [1.807, 2.05) is 26.2 Å². The van der Waals surface area contributed by atoms with Crippen LogP contribution in [0.4, 0.5) is 0 Å². The Labute approximate surface area is 112 Å². The summed E-state index contributed by atoms with van der Waals surface area (Å²) >= 11 is 1.45. The summed E-state index contributed by atoms with van der Waals surface area (Å²) < 4.78 is 0. The van der Waals surface area contributed by atoms with Gasteiger partial charge in [0.2, 0.25) is 0 Å². The Morgan fingerprint density at radius 2 is 2.28 bits per heavy atom. The first-order valence-corrected chi connectivity index (χ1v) is 6.87. The van der Waals surface area contributed by atoms with Gasteiger partial charge in [-0.1, -0.05) is 18.8 Å².